The molecule has 3 nitrogen and oxygen atoms in total. The monoisotopic (exact) mass is 269 g/mol. The van der Waals surface area contributed by atoms with E-state index in [1.54, 1.807) is 0 Å². The van der Waals surface area contributed by atoms with Gasteiger partial charge < -0.3 is 0 Å². The van der Waals surface area contributed by atoms with E-state index >= 15 is 0 Å². The number of rotatable bonds is 3. The average Bonchev–Trinajstić information content (AvgIpc) is 3.10. The van der Waals surface area contributed by atoms with Crippen molar-refractivity contribution in [3.05, 3.63) is 41.7 Å². The van der Waals surface area contributed by atoms with Gasteiger partial charge in [-0.2, -0.15) is 5.10 Å². The molecule has 1 fully saturated rings. The minimum Gasteiger partial charge on any atom is -0.297 e. The highest BCUT2D eigenvalue weighted by Gasteiger charge is 2.19. The fraction of sp³-hybridized carbons (Fsp3) is 0.471. The Bertz CT molecular complexity index is 594. The quantitative estimate of drug-likeness (QED) is 0.849. The summed E-state index contributed by atoms with van der Waals surface area (Å²) in [5, 5.41) is 4.35. The summed E-state index contributed by atoms with van der Waals surface area (Å²) in [6, 6.07) is 9.44. The van der Waals surface area contributed by atoms with Gasteiger partial charge in [-0.25, -0.2) is 0 Å². The SMILES string of the molecule is Cc1c(-c2cccc([C@@H](C)N3CCCC3)c2)cnn1C. The third kappa shape index (κ3) is 2.38. The Balaban J connectivity index is 1.91. The third-order valence-electron chi connectivity index (χ3n) is 4.60. The predicted octanol–water partition coefficient (Wildman–Crippen LogP) is 3.55. The van der Waals surface area contributed by atoms with E-state index in [1.807, 2.05) is 17.9 Å². The molecule has 2 aromatic rings. The number of aromatic nitrogens is 2. The first kappa shape index (κ1) is 13.4. The van der Waals surface area contributed by atoms with Crippen molar-refractivity contribution in [3.63, 3.8) is 0 Å². The summed E-state index contributed by atoms with van der Waals surface area (Å²) in [5.74, 6) is 0. The standard InChI is InChI=1S/C17H23N3/c1-13(20-9-4-5-10-20)15-7-6-8-16(11-15)17-12-18-19(3)14(17)2/h6-8,11-13H,4-5,9-10H2,1-3H3/t13-/m1/s1. The molecule has 0 bridgehead atoms. The molecule has 0 amide bonds. The molecule has 106 valence electrons. The second kappa shape index (κ2) is 5.41. The summed E-state index contributed by atoms with van der Waals surface area (Å²) in [5.41, 5.74) is 5.14. The molecule has 1 aromatic heterocycles. The van der Waals surface area contributed by atoms with E-state index in [0.29, 0.717) is 6.04 Å². The van der Waals surface area contributed by atoms with Crippen molar-refractivity contribution in [1.29, 1.82) is 0 Å². The first-order chi connectivity index (χ1) is 9.66. The van der Waals surface area contributed by atoms with Crippen molar-refractivity contribution in [2.24, 2.45) is 7.05 Å². The van der Waals surface area contributed by atoms with Crippen molar-refractivity contribution in [3.8, 4) is 11.1 Å². The zero-order chi connectivity index (χ0) is 14.1. The van der Waals surface area contributed by atoms with Gasteiger partial charge in [0.25, 0.3) is 0 Å². The van der Waals surface area contributed by atoms with Crippen molar-refractivity contribution >= 4 is 0 Å². The van der Waals surface area contributed by atoms with Gasteiger partial charge >= 0.3 is 0 Å². The van der Waals surface area contributed by atoms with Crippen LogP contribution in [-0.4, -0.2) is 27.8 Å². The Hall–Kier alpha value is -1.61. The highest BCUT2D eigenvalue weighted by molar-refractivity contribution is 5.66. The highest BCUT2D eigenvalue weighted by Crippen LogP contribution is 2.29. The number of hydrogen-bond donors (Lipinski definition) is 0. The van der Waals surface area contributed by atoms with Gasteiger partial charge in [-0.05, 0) is 57.0 Å². The van der Waals surface area contributed by atoms with E-state index in [4.69, 9.17) is 0 Å². The summed E-state index contributed by atoms with van der Waals surface area (Å²) in [6.07, 6.45) is 4.65. The maximum Gasteiger partial charge on any atom is 0.0571 e. The number of hydrogen-bond acceptors (Lipinski definition) is 2. The fourth-order valence-corrected chi connectivity index (χ4v) is 3.09. The number of nitrogens with zero attached hydrogens (tertiary/aromatic N) is 3. The van der Waals surface area contributed by atoms with Crippen molar-refractivity contribution in [2.75, 3.05) is 13.1 Å². The van der Waals surface area contributed by atoms with Crippen molar-refractivity contribution in [2.45, 2.75) is 32.7 Å². The molecule has 1 aliphatic heterocycles. The molecule has 2 heterocycles. The minimum absolute atomic E-state index is 0.509. The van der Waals surface area contributed by atoms with E-state index in [9.17, 15) is 0 Å². The van der Waals surface area contributed by atoms with Gasteiger partial charge in [0.05, 0.1) is 6.20 Å². The van der Waals surface area contributed by atoms with E-state index in [1.165, 1.54) is 48.3 Å². The molecule has 1 aromatic carbocycles. The van der Waals surface area contributed by atoms with Crippen LogP contribution < -0.4 is 0 Å². The van der Waals surface area contributed by atoms with Gasteiger partial charge in [0.1, 0.15) is 0 Å². The number of benzene rings is 1. The van der Waals surface area contributed by atoms with E-state index in [-0.39, 0.29) is 0 Å². The molecule has 0 aliphatic carbocycles. The summed E-state index contributed by atoms with van der Waals surface area (Å²) in [6.45, 7) is 6.91. The van der Waals surface area contributed by atoms with Crippen LogP contribution >= 0.6 is 0 Å². The van der Waals surface area contributed by atoms with Crippen LogP contribution in [0.1, 0.15) is 37.1 Å². The molecular weight excluding hydrogens is 246 g/mol. The van der Waals surface area contributed by atoms with Gasteiger partial charge in [0.2, 0.25) is 0 Å². The first-order valence-corrected chi connectivity index (χ1v) is 7.50. The lowest BCUT2D eigenvalue weighted by Crippen LogP contribution is -2.23. The topological polar surface area (TPSA) is 21.1 Å². The zero-order valence-electron chi connectivity index (χ0n) is 12.6. The molecule has 3 rings (SSSR count). The van der Waals surface area contributed by atoms with Crippen LogP contribution in [0.15, 0.2) is 30.5 Å². The van der Waals surface area contributed by atoms with Crippen LogP contribution in [0.2, 0.25) is 0 Å². The highest BCUT2D eigenvalue weighted by atomic mass is 15.3. The molecule has 20 heavy (non-hydrogen) atoms. The maximum absolute atomic E-state index is 4.35. The van der Waals surface area contributed by atoms with Crippen LogP contribution in [0.5, 0.6) is 0 Å². The van der Waals surface area contributed by atoms with Gasteiger partial charge in [-0.1, -0.05) is 18.2 Å². The largest absolute Gasteiger partial charge is 0.297 e. The minimum atomic E-state index is 0.509. The second-order valence-electron chi connectivity index (χ2n) is 5.81. The van der Waals surface area contributed by atoms with Crippen LogP contribution in [-0.2, 0) is 7.05 Å². The molecular formula is C17H23N3. The van der Waals surface area contributed by atoms with Crippen LogP contribution in [0, 0.1) is 6.92 Å². The summed E-state index contributed by atoms with van der Waals surface area (Å²) in [7, 11) is 2.00. The summed E-state index contributed by atoms with van der Waals surface area (Å²) < 4.78 is 1.94. The second-order valence-corrected chi connectivity index (χ2v) is 5.81. The van der Waals surface area contributed by atoms with Crippen LogP contribution in [0.4, 0.5) is 0 Å². The molecule has 0 spiro atoms. The molecule has 0 radical (unpaired) electrons. The van der Waals surface area contributed by atoms with Crippen LogP contribution in [0.25, 0.3) is 11.1 Å². The van der Waals surface area contributed by atoms with Crippen molar-refractivity contribution in [1.82, 2.24) is 14.7 Å². The lowest BCUT2D eigenvalue weighted by atomic mass is 10.00. The van der Waals surface area contributed by atoms with Crippen molar-refractivity contribution < 1.29 is 0 Å². The molecule has 1 atom stereocenters. The number of aryl methyl sites for hydroxylation is 1. The summed E-state index contributed by atoms with van der Waals surface area (Å²) >= 11 is 0. The lowest BCUT2D eigenvalue weighted by molar-refractivity contribution is 0.263. The molecule has 1 saturated heterocycles. The van der Waals surface area contributed by atoms with Gasteiger partial charge in [-0.15, -0.1) is 0 Å². The van der Waals surface area contributed by atoms with E-state index in [0.717, 1.165) is 0 Å². The molecule has 1 aliphatic rings. The van der Waals surface area contributed by atoms with Gasteiger partial charge in [0, 0.05) is 24.3 Å². The number of likely N-dealkylation sites (tertiary alicyclic amines) is 1. The average molecular weight is 269 g/mol. The summed E-state index contributed by atoms with van der Waals surface area (Å²) in [4.78, 5) is 2.58. The molecule has 0 saturated carbocycles. The maximum atomic E-state index is 4.35. The lowest BCUT2D eigenvalue weighted by Gasteiger charge is -2.24. The Kier molecular flexibility index (Phi) is 3.62. The Labute approximate surface area is 121 Å². The smallest absolute Gasteiger partial charge is 0.0571 e. The third-order valence-corrected chi connectivity index (χ3v) is 4.60. The van der Waals surface area contributed by atoms with Gasteiger partial charge in [-0.3, -0.25) is 9.58 Å². The predicted molar refractivity (Wildman–Crippen MR) is 82.6 cm³/mol. The molecule has 0 N–H and O–H groups in total. The van der Waals surface area contributed by atoms with Gasteiger partial charge in [0.15, 0.2) is 0 Å². The normalized spacial score (nSPS) is 17.6. The van der Waals surface area contributed by atoms with E-state index < -0.39 is 0 Å². The molecule has 0 unspecified atom stereocenters. The molecule has 3 heteroatoms. The van der Waals surface area contributed by atoms with E-state index in [2.05, 4.69) is 48.1 Å². The van der Waals surface area contributed by atoms with Crippen LogP contribution in [0.3, 0.4) is 0 Å². The Morgan fingerprint density at radius 3 is 2.60 bits per heavy atom. The Morgan fingerprint density at radius 1 is 1.20 bits per heavy atom. The zero-order valence-corrected chi connectivity index (χ0v) is 12.6. The first-order valence-electron chi connectivity index (χ1n) is 7.50. The Morgan fingerprint density at radius 2 is 1.95 bits per heavy atom. The fourth-order valence-electron chi connectivity index (χ4n) is 3.09.